The maximum absolute atomic E-state index is 11.4. The lowest BCUT2D eigenvalue weighted by atomic mass is 9.72. The van der Waals surface area contributed by atoms with Gasteiger partial charge in [0.15, 0.2) is 0 Å². The van der Waals surface area contributed by atoms with Gasteiger partial charge in [0.1, 0.15) is 6.29 Å². The van der Waals surface area contributed by atoms with E-state index in [1.54, 1.807) is 0 Å². The van der Waals surface area contributed by atoms with Crippen LogP contribution < -0.4 is 0 Å². The Morgan fingerprint density at radius 2 is 1.56 bits per heavy atom. The minimum Gasteiger partial charge on any atom is -0.303 e. The zero-order valence-electron chi connectivity index (χ0n) is 12.0. The molecule has 1 heteroatoms. The SMILES string of the molecule is O=CC1(CCCCC2CCCCC2)CCCCC1. The molecule has 0 N–H and O–H groups in total. The minimum atomic E-state index is 0.0881. The van der Waals surface area contributed by atoms with Crippen LogP contribution in [0.4, 0.5) is 0 Å². The number of hydrogen-bond acceptors (Lipinski definition) is 1. The Bertz CT molecular complexity index is 234. The number of aldehydes is 1. The summed E-state index contributed by atoms with van der Waals surface area (Å²) in [4.78, 5) is 11.4. The highest BCUT2D eigenvalue weighted by Gasteiger charge is 2.30. The van der Waals surface area contributed by atoms with Crippen LogP contribution >= 0.6 is 0 Å². The lowest BCUT2D eigenvalue weighted by Gasteiger charge is -2.32. The molecule has 0 bridgehead atoms. The quantitative estimate of drug-likeness (QED) is 0.463. The average Bonchev–Trinajstić information content (AvgIpc) is 2.46. The van der Waals surface area contributed by atoms with Crippen molar-refractivity contribution in [3.8, 4) is 0 Å². The Morgan fingerprint density at radius 3 is 2.22 bits per heavy atom. The molecule has 0 amide bonds. The fraction of sp³-hybridized carbons (Fsp3) is 0.941. The predicted octanol–water partition coefficient (Wildman–Crippen LogP) is 5.28. The van der Waals surface area contributed by atoms with E-state index < -0.39 is 0 Å². The lowest BCUT2D eigenvalue weighted by molar-refractivity contribution is -0.118. The molecule has 0 aromatic carbocycles. The molecule has 0 aliphatic heterocycles. The smallest absolute Gasteiger partial charge is 0.126 e. The van der Waals surface area contributed by atoms with Gasteiger partial charge < -0.3 is 4.79 Å². The third-order valence-corrected chi connectivity index (χ3v) is 5.36. The molecule has 0 saturated heterocycles. The molecule has 1 nitrogen and oxygen atoms in total. The molecule has 0 spiro atoms. The summed E-state index contributed by atoms with van der Waals surface area (Å²) in [7, 11) is 0. The van der Waals surface area contributed by atoms with Gasteiger partial charge in [-0.15, -0.1) is 0 Å². The first-order valence-electron chi connectivity index (χ1n) is 8.31. The van der Waals surface area contributed by atoms with Gasteiger partial charge in [-0.3, -0.25) is 0 Å². The van der Waals surface area contributed by atoms with Crippen molar-refractivity contribution in [1.29, 1.82) is 0 Å². The van der Waals surface area contributed by atoms with Crippen molar-refractivity contribution in [3.63, 3.8) is 0 Å². The van der Waals surface area contributed by atoms with E-state index in [1.807, 2.05) is 0 Å². The highest BCUT2D eigenvalue weighted by Crippen LogP contribution is 2.39. The molecule has 0 radical (unpaired) electrons. The van der Waals surface area contributed by atoms with Gasteiger partial charge in [0.2, 0.25) is 0 Å². The summed E-state index contributed by atoms with van der Waals surface area (Å²) < 4.78 is 0. The van der Waals surface area contributed by atoms with Gasteiger partial charge in [0, 0.05) is 5.41 Å². The molecule has 2 fully saturated rings. The summed E-state index contributed by atoms with van der Waals surface area (Å²) in [6.07, 6.45) is 20.1. The highest BCUT2D eigenvalue weighted by molar-refractivity contribution is 5.59. The van der Waals surface area contributed by atoms with Crippen LogP contribution in [0, 0.1) is 11.3 Å². The molecule has 0 aromatic rings. The fourth-order valence-electron chi connectivity index (χ4n) is 4.07. The fourth-order valence-corrected chi connectivity index (χ4v) is 4.07. The zero-order valence-corrected chi connectivity index (χ0v) is 12.0. The molecule has 2 saturated carbocycles. The average molecular weight is 250 g/mol. The van der Waals surface area contributed by atoms with Crippen molar-refractivity contribution in [1.82, 2.24) is 0 Å². The van der Waals surface area contributed by atoms with Crippen molar-refractivity contribution in [2.24, 2.45) is 11.3 Å². The van der Waals surface area contributed by atoms with Crippen LogP contribution in [-0.2, 0) is 4.79 Å². The molecule has 0 heterocycles. The molecule has 0 unspecified atom stereocenters. The highest BCUT2D eigenvalue weighted by atomic mass is 16.1. The van der Waals surface area contributed by atoms with Crippen LogP contribution in [0.2, 0.25) is 0 Å². The molecule has 104 valence electrons. The molecule has 2 aliphatic carbocycles. The van der Waals surface area contributed by atoms with Crippen LogP contribution in [0.25, 0.3) is 0 Å². The lowest BCUT2D eigenvalue weighted by Crippen LogP contribution is -2.25. The summed E-state index contributed by atoms with van der Waals surface area (Å²) in [5.74, 6) is 1.01. The van der Waals surface area contributed by atoms with E-state index in [-0.39, 0.29) is 5.41 Å². The molecule has 2 aliphatic rings. The summed E-state index contributed by atoms with van der Waals surface area (Å²) in [6, 6.07) is 0. The normalized spacial score (nSPS) is 24.9. The van der Waals surface area contributed by atoms with Crippen LogP contribution in [0.3, 0.4) is 0 Å². The van der Waals surface area contributed by atoms with Crippen molar-refractivity contribution in [2.45, 2.75) is 89.9 Å². The third-order valence-electron chi connectivity index (χ3n) is 5.36. The molecular formula is C17H30O. The van der Waals surface area contributed by atoms with E-state index in [4.69, 9.17) is 0 Å². The van der Waals surface area contributed by atoms with E-state index in [1.165, 1.54) is 96.2 Å². The van der Waals surface area contributed by atoms with E-state index in [9.17, 15) is 4.79 Å². The van der Waals surface area contributed by atoms with Crippen LogP contribution in [0.1, 0.15) is 89.9 Å². The molecule has 2 rings (SSSR count). The Hall–Kier alpha value is -0.330. The van der Waals surface area contributed by atoms with E-state index >= 15 is 0 Å². The van der Waals surface area contributed by atoms with Crippen molar-refractivity contribution in [3.05, 3.63) is 0 Å². The van der Waals surface area contributed by atoms with Crippen molar-refractivity contribution < 1.29 is 4.79 Å². The largest absolute Gasteiger partial charge is 0.303 e. The predicted molar refractivity (Wildman–Crippen MR) is 76.6 cm³/mol. The minimum absolute atomic E-state index is 0.0881. The van der Waals surface area contributed by atoms with Crippen molar-refractivity contribution >= 4 is 6.29 Å². The molecule has 18 heavy (non-hydrogen) atoms. The summed E-state index contributed by atoms with van der Waals surface area (Å²) in [6.45, 7) is 0. The van der Waals surface area contributed by atoms with E-state index in [2.05, 4.69) is 0 Å². The number of hydrogen-bond donors (Lipinski definition) is 0. The van der Waals surface area contributed by atoms with Gasteiger partial charge in [0.25, 0.3) is 0 Å². The van der Waals surface area contributed by atoms with Gasteiger partial charge >= 0.3 is 0 Å². The van der Waals surface area contributed by atoms with Gasteiger partial charge in [-0.05, 0) is 25.2 Å². The number of carbonyl (C=O) groups is 1. The summed E-state index contributed by atoms with van der Waals surface area (Å²) in [5, 5.41) is 0. The molecular weight excluding hydrogens is 220 g/mol. The summed E-state index contributed by atoms with van der Waals surface area (Å²) in [5.41, 5.74) is 0.0881. The van der Waals surface area contributed by atoms with E-state index in [0.29, 0.717) is 0 Å². The first-order valence-corrected chi connectivity index (χ1v) is 8.31. The van der Waals surface area contributed by atoms with Crippen LogP contribution in [0.5, 0.6) is 0 Å². The van der Waals surface area contributed by atoms with Gasteiger partial charge in [0.05, 0.1) is 0 Å². The first-order chi connectivity index (χ1) is 8.85. The van der Waals surface area contributed by atoms with Crippen molar-refractivity contribution in [2.75, 3.05) is 0 Å². The maximum atomic E-state index is 11.4. The van der Waals surface area contributed by atoms with Gasteiger partial charge in [-0.25, -0.2) is 0 Å². The topological polar surface area (TPSA) is 17.1 Å². The van der Waals surface area contributed by atoms with Crippen LogP contribution in [-0.4, -0.2) is 6.29 Å². The second-order valence-electron chi connectivity index (χ2n) is 6.79. The Labute approximate surface area is 113 Å². The van der Waals surface area contributed by atoms with Gasteiger partial charge in [-0.2, -0.15) is 0 Å². The number of rotatable bonds is 6. The third kappa shape index (κ3) is 4.10. The second-order valence-corrected chi connectivity index (χ2v) is 6.79. The monoisotopic (exact) mass is 250 g/mol. The Balaban J connectivity index is 1.62. The first kappa shape index (κ1) is 14.1. The number of carbonyl (C=O) groups excluding carboxylic acids is 1. The van der Waals surface area contributed by atoms with Crippen LogP contribution in [0.15, 0.2) is 0 Å². The second kappa shape index (κ2) is 7.31. The summed E-state index contributed by atoms with van der Waals surface area (Å²) >= 11 is 0. The zero-order chi connectivity index (χ0) is 12.7. The van der Waals surface area contributed by atoms with E-state index in [0.717, 1.165) is 5.92 Å². The molecule has 0 aromatic heterocycles. The Kier molecular flexibility index (Phi) is 5.72. The Morgan fingerprint density at radius 1 is 0.889 bits per heavy atom. The molecule has 0 atom stereocenters. The standard InChI is InChI=1S/C17H30O/c18-15-17(12-6-2-7-13-17)14-8-5-11-16-9-3-1-4-10-16/h15-16H,1-14H2. The maximum Gasteiger partial charge on any atom is 0.126 e. The number of unbranched alkanes of at least 4 members (excludes halogenated alkanes) is 1. The van der Waals surface area contributed by atoms with Gasteiger partial charge in [-0.1, -0.05) is 70.6 Å².